The molecule has 2 aliphatic heterocycles. The number of anilines is 2. The van der Waals surface area contributed by atoms with E-state index in [2.05, 4.69) is 0 Å². The number of hydrogen-bond acceptors (Lipinski definition) is 7. The number of benzene rings is 2. The molecule has 1 aliphatic carbocycles. The zero-order valence-corrected chi connectivity index (χ0v) is 22.2. The van der Waals surface area contributed by atoms with Gasteiger partial charge in [0.15, 0.2) is 0 Å². The Morgan fingerprint density at radius 3 is 1.97 bits per heavy atom. The molecule has 2 aromatic carbocycles. The van der Waals surface area contributed by atoms with Gasteiger partial charge in [0, 0.05) is 25.5 Å². The Labute approximate surface area is 221 Å². The number of aliphatic hydroxyl groups is 1. The minimum absolute atomic E-state index is 0.0228. The zero-order chi connectivity index (χ0) is 27.6. The van der Waals surface area contributed by atoms with Crippen molar-refractivity contribution in [2.75, 3.05) is 37.1 Å². The number of amides is 2. The van der Waals surface area contributed by atoms with Crippen LogP contribution in [0, 0.1) is 11.8 Å². The molecule has 5 rings (SSSR count). The predicted molar refractivity (Wildman–Crippen MR) is 139 cm³/mol. The van der Waals surface area contributed by atoms with Gasteiger partial charge >= 0.3 is 11.9 Å². The largest absolute Gasteiger partial charge is 0.466 e. The van der Waals surface area contributed by atoms with Crippen molar-refractivity contribution in [3.63, 3.8) is 0 Å². The van der Waals surface area contributed by atoms with Gasteiger partial charge in [-0.05, 0) is 50.5 Å². The van der Waals surface area contributed by atoms with Gasteiger partial charge < -0.3 is 24.4 Å². The molecule has 1 saturated carbocycles. The fourth-order valence-electron chi connectivity index (χ4n) is 7.30. The lowest BCUT2D eigenvalue weighted by Crippen LogP contribution is -2.74. The summed E-state index contributed by atoms with van der Waals surface area (Å²) in [5.74, 6) is -5.44. The summed E-state index contributed by atoms with van der Waals surface area (Å²) in [6, 6.07) is 13.9. The summed E-state index contributed by atoms with van der Waals surface area (Å²) in [5.41, 5.74) is -3.83. The van der Waals surface area contributed by atoms with Crippen LogP contribution in [-0.2, 0) is 39.5 Å². The van der Waals surface area contributed by atoms with Crippen LogP contribution in [0.3, 0.4) is 0 Å². The lowest BCUT2D eigenvalue weighted by atomic mass is 9.42. The molecule has 38 heavy (non-hydrogen) atoms. The number of hydrogen-bond donors (Lipinski definition) is 1. The molecule has 9 nitrogen and oxygen atoms in total. The van der Waals surface area contributed by atoms with E-state index in [1.165, 1.54) is 16.7 Å². The quantitative estimate of drug-likeness (QED) is 0.616. The zero-order valence-electron chi connectivity index (χ0n) is 22.2. The third-order valence-electron chi connectivity index (χ3n) is 8.68. The maximum atomic E-state index is 14.5. The molecule has 2 heterocycles. The van der Waals surface area contributed by atoms with Crippen LogP contribution in [0.2, 0.25) is 0 Å². The minimum atomic E-state index is -1.93. The molecule has 9 heteroatoms. The SMILES string of the molecule is CCOC(=O)[C@@H]1[C@@]2(C(=O)N(C)c3ccccc32)[C@H](C(=O)OCC)C[C@@](C)(O)[C@]12C(=O)N(C)c1ccccc12. The third-order valence-corrected chi connectivity index (χ3v) is 8.68. The standard InChI is InChI=1S/C29H32N2O7/c1-6-37-23(32)19-16-27(3,36)29(18-13-9-11-15-21(18)31(5)26(29)35)22(24(33)38-7-2)28(19)17-12-8-10-14-20(17)30(4)25(28)34/h8-15,19,22,36H,6-7,16H2,1-5H3/t19-,22+,27+,28-,29-/m0/s1. The fraction of sp³-hybridized carbons (Fsp3) is 0.448. The number of likely N-dealkylation sites (N-methyl/N-ethyl adjacent to an activating group) is 2. The van der Waals surface area contributed by atoms with E-state index in [-0.39, 0.29) is 19.6 Å². The molecule has 0 saturated heterocycles. The van der Waals surface area contributed by atoms with Crippen molar-refractivity contribution >= 4 is 35.1 Å². The summed E-state index contributed by atoms with van der Waals surface area (Å²) in [7, 11) is 3.16. The lowest BCUT2D eigenvalue weighted by Gasteiger charge is -2.57. The molecule has 0 bridgehead atoms. The Bertz CT molecular complexity index is 1350. The number of ether oxygens (including phenoxy) is 2. The molecule has 200 valence electrons. The Balaban J connectivity index is 1.96. The van der Waals surface area contributed by atoms with Crippen molar-refractivity contribution in [3.8, 4) is 0 Å². The van der Waals surface area contributed by atoms with Gasteiger partial charge in [0.25, 0.3) is 0 Å². The Morgan fingerprint density at radius 2 is 1.37 bits per heavy atom. The molecule has 2 amide bonds. The summed E-state index contributed by atoms with van der Waals surface area (Å²) >= 11 is 0. The van der Waals surface area contributed by atoms with Gasteiger partial charge in [0.1, 0.15) is 10.8 Å². The van der Waals surface area contributed by atoms with Crippen LogP contribution in [0.1, 0.15) is 38.3 Å². The van der Waals surface area contributed by atoms with Crippen molar-refractivity contribution in [1.82, 2.24) is 0 Å². The van der Waals surface area contributed by atoms with E-state index in [1.807, 2.05) is 0 Å². The van der Waals surface area contributed by atoms with Gasteiger partial charge in [0.2, 0.25) is 11.8 Å². The normalized spacial score (nSPS) is 31.5. The molecule has 2 aromatic rings. The van der Waals surface area contributed by atoms with Crippen LogP contribution in [0.5, 0.6) is 0 Å². The second kappa shape index (κ2) is 8.66. The molecule has 0 unspecified atom stereocenters. The Kier molecular flexibility index (Phi) is 5.90. The van der Waals surface area contributed by atoms with E-state index in [9.17, 15) is 24.3 Å². The van der Waals surface area contributed by atoms with Crippen molar-refractivity contribution in [2.24, 2.45) is 11.8 Å². The summed E-state index contributed by atoms with van der Waals surface area (Å²) < 4.78 is 11.0. The molecular weight excluding hydrogens is 488 g/mol. The number of para-hydroxylation sites is 2. The topological polar surface area (TPSA) is 113 Å². The van der Waals surface area contributed by atoms with Crippen molar-refractivity contribution < 1.29 is 33.8 Å². The predicted octanol–water partition coefficient (Wildman–Crippen LogP) is 2.33. The molecular formula is C29H32N2O7. The highest BCUT2D eigenvalue weighted by atomic mass is 16.5. The second-order valence-electron chi connectivity index (χ2n) is 10.4. The van der Waals surface area contributed by atoms with E-state index in [4.69, 9.17) is 9.47 Å². The van der Waals surface area contributed by atoms with Crippen LogP contribution in [0.4, 0.5) is 11.4 Å². The molecule has 5 atom stereocenters. The number of carbonyl (C=O) groups is 4. The number of rotatable bonds is 4. The smallest absolute Gasteiger partial charge is 0.311 e. The van der Waals surface area contributed by atoms with Crippen molar-refractivity contribution in [2.45, 2.75) is 43.6 Å². The van der Waals surface area contributed by atoms with Gasteiger partial charge in [-0.25, -0.2) is 0 Å². The molecule has 2 spiro atoms. The van der Waals surface area contributed by atoms with Gasteiger partial charge in [-0.15, -0.1) is 0 Å². The molecule has 1 fully saturated rings. The average Bonchev–Trinajstić information content (AvgIpc) is 3.25. The average molecular weight is 521 g/mol. The first kappa shape index (κ1) is 25.9. The van der Waals surface area contributed by atoms with E-state index in [0.29, 0.717) is 22.5 Å². The highest BCUT2D eigenvalue weighted by molar-refractivity contribution is 6.17. The van der Waals surface area contributed by atoms with Gasteiger partial charge in [-0.2, -0.15) is 0 Å². The first-order chi connectivity index (χ1) is 18.0. The summed E-state index contributed by atoms with van der Waals surface area (Å²) in [6.07, 6.45) is -0.288. The summed E-state index contributed by atoms with van der Waals surface area (Å²) in [5, 5.41) is 12.3. The van der Waals surface area contributed by atoms with Crippen LogP contribution in [-0.4, -0.2) is 61.8 Å². The van der Waals surface area contributed by atoms with Gasteiger partial charge in [-0.1, -0.05) is 36.4 Å². The number of nitrogens with zero attached hydrogens (tertiary/aromatic N) is 2. The maximum Gasteiger partial charge on any atom is 0.311 e. The monoisotopic (exact) mass is 520 g/mol. The van der Waals surface area contributed by atoms with Crippen LogP contribution in [0.25, 0.3) is 0 Å². The van der Waals surface area contributed by atoms with Gasteiger partial charge in [0.05, 0.1) is 30.7 Å². The Morgan fingerprint density at radius 1 is 0.868 bits per heavy atom. The van der Waals surface area contributed by atoms with E-state index < -0.39 is 52.0 Å². The second-order valence-corrected chi connectivity index (χ2v) is 10.4. The number of fused-ring (bicyclic) bond motifs is 4. The van der Waals surface area contributed by atoms with E-state index in [1.54, 1.807) is 76.5 Å². The first-order valence-corrected chi connectivity index (χ1v) is 12.8. The van der Waals surface area contributed by atoms with Gasteiger partial charge in [-0.3, -0.25) is 19.2 Å². The molecule has 1 N–H and O–H groups in total. The fourth-order valence-corrected chi connectivity index (χ4v) is 7.30. The summed E-state index contributed by atoms with van der Waals surface area (Å²) in [6.45, 7) is 4.76. The number of esters is 2. The maximum absolute atomic E-state index is 14.5. The van der Waals surface area contributed by atoms with Crippen LogP contribution in [0.15, 0.2) is 48.5 Å². The highest BCUT2D eigenvalue weighted by Gasteiger charge is 2.80. The number of carbonyl (C=O) groups excluding carboxylic acids is 4. The first-order valence-electron chi connectivity index (χ1n) is 12.8. The van der Waals surface area contributed by atoms with E-state index >= 15 is 0 Å². The highest BCUT2D eigenvalue weighted by Crippen LogP contribution is 2.67. The third kappa shape index (κ3) is 2.90. The van der Waals surface area contributed by atoms with Crippen molar-refractivity contribution in [1.29, 1.82) is 0 Å². The molecule has 0 radical (unpaired) electrons. The summed E-state index contributed by atoms with van der Waals surface area (Å²) in [4.78, 5) is 59.7. The Hall–Kier alpha value is -3.72. The minimum Gasteiger partial charge on any atom is -0.466 e. The van der Waals surface area contributed by atoms with Crippen LogP contribution >= 0.6 is 0 Å². The van der Waals surface area contributed by atoms with Crippen molar-refractivity contribution in [3.05, 3.63) is 59.7 Å². The molecule has 0 aromatic heterocycles. The molecule has 3 aliphatic rings. The lowest BCUT2D eigenvalue weighted by molar-refractivity contribution is -0.193. The van der Waals surface area contributed by atoms with Crippen LogP contribution < -0.4 is 9.80 Å². The van der Waals surface area contributed by atoms with E-state index in [0.717, 1.165) is 0 Å².